The Morgan fingerprint density at radius 3 is 2.49 bits per heavy atom. The second-order valence-corrected chi connectivity index (χ2v) is 16.8. The molecular weight excluding hydrogens is 518 g/mol. The first-order valence-electron chi connectivity index (χ1n) is 16.9. The lowest BCUT2D eigenvalue weighted by atomic mass is 9.41. The van der Waals surface area contributed by atoms with Gasteiger partial charge < -0.3 is 28.8 Å². The zero-order chi connectivity index (χ0) is 28.6. The van der Waals surface area contributed by atoms with Crippen molar-refractivity contribution >= 4 is 6.29 Å². The number of morpholine rings is 1. The third-order valence-electron chi connectivity index (χ3n) is 15.4. The van der Waals surface area contributed by atoms with Crippen LogP contribution in [0, 0.1) is 50.7 Å². The maximum Gasteiger partial charge on any atom is 0.170 e. The molecule has 41 heavy (non-hydrogen) atoms. The molecule has 0 radical (unpaired) electrons. The lowest BCUT2D eigenvalue weighted by Gasteiger charge is -2.64. The predicted octanol–water partition coefficient (Wildman–Crippen LogP) is 4.44. The molecule has 0 amide bonds. The standard InChI is InChI=1S/C34H53NO6/c1-20-14-22(16-36)40-28-27(20)31(4)10-11-34-19-33(34)9-8-25(41-26-15-35(12-13-39-26)21-17-38-18-21)30(2,3)23(33)6-7-24(34)32(31,5)29(28)37/h16,20-29,37H,6-15,17-19H2,1-5H3/t20-,22?,23+,24+,25+,26+,27?,28?,29+,31-,32-,33-,34?/m1/s1. The van der Waals surface area contributed by atoms with Gasteiger partial charge in [-0.3, -0.25) is 4.90 Å². The molecule has 7 nitrogen and oxygen atoms in total. The molecule has 1 N–H and O–H groups in total. The highest BCUT2D eigenvalue weighted by Gasteiger charge is 2.84. The topological polar surface area (TPSA) is 77.5 Å². The van der Waals surface area contributed by atoms with Gasteiger partial charge in [-0.25, -0.2) is 0 Å². The SMILES string of the molecule is C[C@@H]1CC(C=O)OC2C1[C@@]1(C)CCC34C[C@@]35CC[C@H](O[C@H]3CN(C6COC6)CCO3)C(C)(C)[C@@H]5CC[C@H]4[C@]1(C)[C@H]2O. The summed E-state index contributed by atoms with van der Waals surface area (Å²) < 4.78 is 24.9. The van der Waals surface area contributed by atoms with Gasteiger partial charge >= 0.3 is 0 Å². The van der Waals surface area contributed by atoms with Gasteiger partial charge in [-0.1, -0.05) is 34.6 Å². The molecule has 2 spiro atoms. The molecule has 3 saturated heterocycles. The Labute approximate surface area is 246 Å². The summed E-state index contributed by atoms with van der Waals surface area (Å²) in [5.41, 5.74) is 0.663. The Morgan fingerprint density at radius 2 is 1.76 bits per heavy atom. The minimum absolute atomic E-state index is 0.0440. The molecule has 8 fully saturated rings. The number of carbonyl (C=O) groups is 1. The minimum Gasteiger partial charge on any atom is -0.390 e. The van der Waals surface area contributed by atoms with Crippen molar-refractivity contribution in [2.75, 3.05) is 32.9 Å². The van der Waals surface area contributed by atoms with E-state index in [1.165, 1.54) is 38.5 Å². The lowest BCUT2D eigenvalue weighted by Crippen LogP contribution is -2.60. The zero-order valence-corrected chi connectivity index (χ0v) is 26.0. The Bertz CT molecular complexity index is 1080. The second kappa shape index (κ2) is 9.00. The number of hydrogen-bond acceptors (Lipinski definition) is 7. The van der Waals surface area contributed by atoms with Crippen molar-refractivity contribution in [1.29, 1.82) is 0 Å². The van der Waals surface area contributed by atoms with Gasteiger partial charge in [0.2, 0.25) is 0 Å². The van der Waals surface area contributed by atoms with Gasteiger partial charge in [0, 0.05) is 12.0 Å². The highest BCUT2D eigenvalue weighted by Crippen LogP contribution is 2.89. The zero-order valence-electron chi connectivity index (χ0n) is 26.0. The molecule has 7 heteroatoms. The molecule has 8 aliphatic rings. The Kier molecular flexibility index (Phi) is 6.13. The van der Waals surface area contributed by atoms with E-state index in [1.807, 2.05) is 0 Å². The van der Waals surface area contributed by atoms with E-state index >= 15 is 0 Å². The highest BCUT2D eigenvalue weighted by molar-refractivity contribution is 5.56. The van der Waals surface area contributed by atoms with Crippen LogP contribution in [0.25, 0.3) is 0 Å². The van der Waals surface area contributed by atoms with E-state index in [9.17, 15) is 9.90 Å². The highest BCUT2D eigenvalue weighted by atomic mass is 16.7. The molecule has 0 bridgehead atoms. The average molecular weight is 572 g/mol. The number of ether oxygens (including phenoxy) is 4. The Balaban J connectivity index is 1.04. The molecule has 0 aromatic rings. The van der Waals surface area contributed by atoms with Gasteiger partial charge in [0.25, 0.3) is 0 Å². The van der Waals surface area contributed by atoms with Crippen molar-refractivity contribution in [2.45, 2.75) is 123 Å². The third-order valence-corrected chi connectivity index (χ3v) is 15.4. The summed E-state index contributed by atoms with van der Waals surface area (Å²) in [6.45, 7) is 16.4. The monoisotopic (exact) mass is 571 g/mol. The maximum absolute atomic E-state index is 12.2. The van der Waals surface area contributed by atoms with Crippen LogP contribution in [0.2, 0.25) is 0 Å². The van der Waals surface area contributed by atoms with Crippen LogP contribution >= 0.6 is 0 Å². The van der Waals surface area contributed by atoms with Gasteiger partial charge in [0.05, 0.1) is 50.7 Å². The molecule has 13 atom stereocenters. The normalized spacial score (nSPS) is 57.8. The summed E-state index contributed by atoms with van der Waals surface area (Å²) in [6, 6.07) is 0.528. The van der Waals surface area contributed by atoms with Gasteiger partial charge in [-0.2, -0.15) is 0 Å². The van der Waals surface area contributed by atoms with Crippen LogP contribution in [-0.2, 0) is 23.7 Å². The molecule has 5 aliphatic carbocycles. The third kappa shape index (κ3) is 3.40. The van der Waals surface area contributed by atoms with E-state index in [0.717, 1.165) is 52.0 Å². The molecule has 230 valence electrons. The minimum atomic E-state index is -0.501. The van der Waals surface area contributed by atoms with Crippen LogP contribution in [0.3, 0.4) is 0 Å². The van der Waals surface area contributed by atoms with Crippen LogP contribution in [0.4, 0.5) is 0 Å². The predicted molar refractivity (Wildman–Crippen MR) is 153 cm³/mol. The molecule has 3 heterocycles. The first kappa shape index (κ1) is 27.9. The number of aliphatic hydroxyl groups excluding tert-OH is 1. The number of nitrogens with zero attached hydrogens (tertiary/aromatic N) is 1. The molecule has 0 aromatic heterocycles. The van der Waals surface area contributed by atoms with E-state index in [4.69, 9.17) is 18.9 Å². The molecule has 4 unspecified atom stereocenters. The quantitative estimate of drug-likeness (QED) is 0.500. The fraction of sp³-hybridized carbons (Fsp3) is 0.971. The summed E-state index contributed by atoms with van der Waals surface area (Å²) in [5.74, 6) is 1.88. The summed E-state index contributed by atoms with van der Waals surface area (Å²) in [7, 11) is 0. The van der Waals surface area contributed by atoms with Gasteiger partial charge in [0.15, 0.2) is 6.29 Å². The first-order chi connectivity index (χ1) is 19.5. The van der Waals surface area contributed by atoms with Crippen LogP contribution in [0.15, 0.2) is 0 Å². The Hall–Kier alpha value is -0.570. The summed E-state index contributed by atoms with van der Waals surface area (Å²) in [4.78, 5) is 14.3. The van der Waals surface area contributed by atoms with Gasteiger partial charge in [-0.05, 0) is 96.7 Å². The van der Waals surface area contributed by atoms with Crippen molar-refractivity contribution in [3.8, 4) is 0 Å². The molecule has 3 aliphatic heterocycles. The van der Waals surface area contributed by atoms with Crippen molar-refractivity contribution in [3.63, 3.8) is 0 Å². The summed E-state index contributed by atoms with van der Waals surface area (Å²) in [6.07, 6.45) is 9.27. The summed E-state index contributed by atoms with van der Waals surface area (Å²) in [5, 5.41) is 12.2. The van der Waals surface area contributed by atoms with Crippen LogP contribution in [0.1, 0.15) is 86.0 Å². The van der Waals surface area contributed by atoms with Crippen molar-refractivity contribution in [3.05, 3.63) is 0 Å². The van der Waals surface area contributed by atoms with Crippen LogP contribution in [-0.4, -0.2) is 86.0 Å². The summed E-state index contributed by atoms with van der Waals surface area (Å²) >= 11 is 0. The molecule has 0 aromatic carbocycles. The van der Waals surface area contributed by atoms with E-state index < -0.39 is 6.10 Å². The number of hydrogen-bond donors (Lipinski definition) is 1. The first-order valence-corrected chi connectivity index (χ1v) is 16.9. The smallest absolute Gasteiger partial charge is 0.170 e. The van der Waals surface area contributed by atoms with E-state index in [1.54, 1.807) is 0 Å². The number of aldehydes is 1. The second-order valence-electron chi connectivity index (χ2n) is 16.8. The van der Waals surface area contributed by atoms with E-state index in [-0.39, 0.29) is 40.8 Å². The van der Waals surface area contributed by atoms with E-state index in [2.05, 4.69) is 39.5 Å². The largest absolute Gasteiger partial charge is 0.390 e. The van der Waals surface area contributed by atoms with Crippen molar-refractivity contribution in [2.24, 2.45) is 50.7 Å². The number of aliphatic hydroxyl groups is 1. The van der Waals surface area contributed by atoms with Crippen molar-refractivity contribution in [1.82, 2.24) is 4.90 Å². The molecular formula is C34H53NO6. The van der Waals surface area contributed by atoms with Crippen molar-refractivity contribution < 1.29 is 28.8 Å². The molecule has 5 saturated carbocycles. The van der Waals surface area contributed by atoms with Crippen LogP contribution in [0.5, 0.6) is 0 Å². The van der Waals surface area contributed by atoms with E-state index in [0.29, 0.717) is 40.5 Å². The average Bonchev–Trinajstić information content (AvgIpc) is 3.54. The van der Waals surface area contributed by atoms with Gasteiger partial charge in [-0.15, -0.1) is 0 Å². The number of fused-ring (bicyclic) bond motifs is 4. The van der Waals surface area contributed by atoms with Crippen LogP contribution < -0.4 is 0 Å². The Morgan fingerprint density at radius 1 is 1.00 bits per heavy atom. The fourth-order valence-electron chi connectivity index (χ4n) is 13.3. The number of carbonyl (C=O) groups excluding carboxylic acids is 1. The maximum atomic E-state index is 12.2. The lowest BCUT2D eigenvalue weighted by molar-refractivity contribution is -0.256. The fourth-order valence-corrected chi connectivity index (χ4v) is 13.3. The molecule has 8 rings (SSSR count). The van der Waals surface area contributed by atoms with Gasteiger partial charge in [0.1, 0.15) is 12.4 Å². The number of rotatable bonds is 4.